The molecule has 1 nitrogen and oxygen atoms in total. The number of hydrogen-bond donors (Lipinski definition) is 0. The summed E-state index contributed by atoms with van der Waals surface area (Å²) in [6.07, 6.45) is 9.79. The first-order chi connectivity index (χ1) is 10.4. The molecule has 0 bridgehead atoms. The summed E-state index contributed by atoms with van der Waals surface area (Å²) in [6, 6.07) is 0. The van der Waals surface area contributed by atoms with Crippen LogP contribution in [0.2, 0.25) is 0 Å². The van der Waals surface area contributed by atoms with E-state index in [4.69, 9.17) is 0 Å². The molecule has 0 amide bonds. The number of rotatable bonds is 4. The van der Waals surface area contributed by atoms with E-state index in [0.717, 1.165) is 18.8 Å². The number of allylic oxidation sites excluding steroid dienone is 1. The first-order valence-electron chi connectivity index (χ1n) is 8.76. The maximum atomic E-state index is 11.7. The SMILES string of the molecule is C=CCCC1CCCCC1.CC1CCC(OC(F)(F)F)CC1. The molecule has 0 aliphatic heterocycles. The fourth-order valence-electron chi connectivity index (χ4n) is 3.37. The van der Waals surface area contributed by atoms with E-state index in [0.29, 0.717) is 18.8 Å². The van der Waals surface area contributed by atoms with Gasteiger partial charge in [0.1, 0.15) is 0 Å². The summed E-state index contributed by atoms with van der Waals surface area (Å²) in [7, 11) is 0. The van der Waals surface area contributed by atoms with E-state index in [1.54, 1.807) is 0 Å². The van der Waals surface area contributed by atoms with Crippen molar-refractivity contribution in [1.82, 2.24) is 0 Å². The molecule has 0 saturated heterocycles. The van der Waals surface area contributed by atoms with E-state index < -0.39 is 12.5 Å². The number of alkyl halides is 3. The molecule has 0 unspecified atom stereocenters. The van der Waals surface area contributed by atoms with Crippen LogP contribution in [0, 0.1) is 11.8 Å². The lowest BCUT2D eigenvalue weighted by Gasteiger charge is -2.26. The van der Waals surface area contributed by atoms with Gasteiger partial charge in [0, 0.05) is 0 Å². The van der Waals surface area contributed by atoms with Gasteiger partial charge in [-0.15, -0.1) is 19.8 Å². The topological polar surface area (TPSA) is 9.23 Å². The van der Waals surface area contributed by atoms with Crippen molar-refractivity contribution in [2.75, 3.05) is 0 Å². The molecular formula is C18H31F3O. The molecule has 4 heteroatoms. The van der Waals surface area contributed by atoms with E-state index in [-0.39, 0.29) is 0 Å². The Hall–Kier alpha value is -0.510. The Bertz CT molecular complexity index is 287. The zero-order valence-electron chi connectivity index (χ0n) is 13.8. The average Bonchev–Trinajstić information content (AvgIpc) is 2.48. The Kier molecular flexibility index (Phi) is 9.15. The van der Waals surface area contributed by atoms with E-state index in [2.05, 4.69) is 24.3 Å². The third kappa shape index (κ3) is 9.50. The molecule has 0 atom stereocenters. The second-order valence-electron chi connectivity index (χ2n) is 6.82. The van der Waals surface area contributed by atoms with Crippen molar-refractivity contribution in [2.45, 2.75) is 90.0 Å². The lowest BCUT2D eigenvalue weighted by molar-refractivity contribution is -0.345. The summed E-state index contributed by atoms with van der Waals surface area (Å²) in [4.78, 5) is 0. The highest BCUT2D eigenvalue weighted by molar-refractivity contribution is 4.72. The molecule has 0 aromatic rings. The van der Waals surface area contributed by atoms with Crippen molar-refractivity contribution in [1.29, 1.82) is 0 Å². The molecule has 2 aliphatic rings. The summed E-state index contributed by atoms with van der Waals surface area (Å²) in [5.74, 6) is 1.59. The highest BCUT2D eigenvalue weighted by atomic mass is 19.4. The van der Waals surface area contributed by atoms with Crippen LogP contribution in [0.5, 0.6) is 0 Å². The molecule has 0 aromatic carbocycles. The van der Waals surface area contributed by atoms with Crippen LogP contribution in [0.15, 0.2) is 12.7 Å². The van der Waals surface area contributed by atoms with Crippen LogP contribution in [0.1, 0.15) is 77.6 Å². The third-order valence-corrected chi connectivity index (χ3v) is 4.77. The van der Waals surface area contributed by atoms with Crippen molar-refractivity contribution >= 4 is 0 Å². The highest BCUT2D eigenvalue weighted by Crippen LogP contribution is 2.30. The van der Waals surface area contributed by atoms with Crippen LogP contribution in [0.4, 0.5) is 13.2 Å². The Morgan fingerprint density at radius 2 is 1.59 bits per heavy atom. The minimum absolute atomic E-state index is 0.542. The fourth-order valence-corrected chi connectivity index (χ4v) is 3.37. The van der Waals surface area contributed by atoms with Crippen LogP contribution >= 0.6 is 0 Å². The van der Waals surface area contributed by atoms with Crippen molar-refractivity contribution < 1.29 is 17.9 Å². The molecule has 0 N–H and O–H groups in total. The van der Waals surface area contributed by atoms with Gasteiger partial charge in [0.15, 0.2) is 0 Å². The summed E-state index contributed by atoms with van der Waals surface area (Å²) in [5, 5.41) is 0. The molecule has 130 valence electrons. The summed E-state index contributed by atoms with van der Waals surface area (Å²) >= 11 is 0. The maximum absolute atomic E-state index is 11.7. The number of ether oxygens (including phenoxy) is 1. The van der Waals surface area contributed by atoms with Crippen molar-refractivity contribution in [3.63, 3.8) is 0 Å². The molecule has 0 aromatic heterocycles. The monoisotopic (exact) mass is 320 g/mol. The fraction of sp³-hybridized carbons (Fsp3) is 0.889. The Morgan fingerprint density at radius 1 is 1.00 bits per heavy atom. The van der Waals surface area contributed by atoms with Crippen molar-refractivity contribution in [2.24, 2.45) is 11.8 Å². The van der Waals surface area contributed by atoms with Gasteiger partial charge in [0.25, 0.3) is 0 Å². The molecule has 2 fully saturated rings. The highest BCUT2D eigenvalue weighted by Gasteiger charge is 2.34. The first kappa shape index (κ1) is 19.5. The summed E-state index contributed by atoms with van der Waals surface area (Å²) in [5.41, 5.74) is 0. The van der Waals surface area contributed by atoms with Crippen LogP contribution in [-0.2, 0) is 4.74 Å². The molecule has 0 radical (unpaired) electrons. The number of hydrogen-bond acceptors (Lipinski definition) is 1. The van der Waals surface area contributed by atoms with Crippen LogP contribution in [-0.4, -0.2) is 12.5 Å². The zero-order valence-corrected chi connectivity index (χ0v) is 13.8. The van der Waals surface area contributed by atoms with Crippen LogP contribution in [0.25, 0.3) is 0 Å². The molecule has 2 rings (SSSR count). The van der Waals surface area contributed by atoms with Gasteiger partial charge in [0.05, 0.1) is 6.10 Å². The maximum Gasteiger partial charge on any atom is 0.522 e. The molecule has 22 heavy (non-hydrogen) atoms. The van der Waals surface area contributed by atoms with Crippen LogP contribution in [0.3, 0.4) is 0 Å². The third-order valence-electron chi connectivity index (χ3n) is 4.77. The average molecular weight is 320 g/mol. The normalized spacial score (nSPS) is 26.9. The molecular weight excluding hydrogens is 289 g/mol. The number of halogens is 3. The second-order valence-corrected chi connectivity index (χ2v) is 6.82. The molecule has 0 spiro atoms. The predicted octanol–water partition coefficient (Wildman–Crippen LogP) is 6.63. The first-order valence-corrected chi connectivity index (χ1v) is 8.76. The minimum atomic E-state index is -4.45. The largest absolute Gasteiger partial charge is 0.522 e. The van der Waals surface area contributed by atoms with E-state index >= 15 is 0 Å². The van der Waals surface area contributed by atoms with Gasteiger partial charge in [-0.1, -0.05) is 45.1 Å². The van der Waals surface area contributed by atoms with E-state index in [1.165, 1.54) is 44.9 Å². The van der Waals surface area contributed by atoms with Crippen molar-refractivity contribution in [3.05, 3.63) is 12.7 Å². The van der Waals surface area contributed by atoms with Gasteiger partial charge in [0.2, 0.25) is 0 Å². The summed E-state index contributed by atoms with van der Waals surface area (Å²) < 4.78 is 39.1. The second kappa shape index (κ2) is 10.3. The smallest absolute Gasteiger partial charge is 0.289 e. The van der Waals surface area contributed by atoms with Gasteiger partial charge in [-0.25, -0.2) is 0 Å². The standard InChI is InChI=1S/C10H18.C8H13F3O/c1-2-3-7-10-8-5-4-6-9-10;1-6-2-4-7(5-3-6)12-8(9,10)11/h2,10H,1,3-9H2;6-7H,2-5H2,1H3. The zero-order chi connectivity index (χ0) is 16.4. The van der Waals surface area contributed by atoms with Gasteiger partial charge in [-0.3, -0.25) is 4.74 Å². The quantitative estimate of drug-likeness (QED) is 0.528. The molecule has 2 aliphatic carbocycles. The Morgan fingerprint density at radius 3 is 2.09 bits per heavy atom. The molecule has 0 heterocycles. The van der Waals surface area contributed by atoms with Gasteiger partial charge >= 0.3 is 6.36 Å². The van der Waals surface area contributed by atoms with Gasteiger partial charge in [-0.05, 0) is 50.4 Å². The van der Waals surface area contributed by atoms with Gasteiger partial charge in [-0.2, -0.15) is 0 Å². The summed E-state index contributed by atoms with van der Waals surface area (Å²) in [6.45, 7) is 5.80. The lowest BCUT2D eigenvalue weighted by Crippen LogP contribution is -2.27. The lowest BCUT2D eigenvalue weighted by atomic mass is 9.86. The van der Waals surface area contributed by atoms with E-state index in [1.807, 2.05) is 0 Å². The van der Waals surface area contributed by atoms with E-state index in [9.17, 15) is 13.2 Å². The van der Waals surface area contributed by atoms with Gasteiger partial charge < -0.3 is 0 Å². The Labute approximate surface area is 133 Å². The minimum Gasteiger partial charge on any atom is -0.289 e. The van der Waals surface area contributed by atoms with Crippen molar-refractivity contribution in [3.8, 4) is 0 Å². The Balaban J connectivity index is 0.000000224. The molecule has 2 saturated carbocycles. The predicted molar refractivity (Wildman–Crippen MR) is 84.6 cm³/mol. The van der Waals surface area contributed by atoms with Crippen LogP contribution < -0.4 is 0 Å².